The molecule has 0 aromatic carbocycles. The minimum Gasteiger partial charge on any atom is -0.392 e. The molecule has 0 aliphatic heterocycles. The van der Waals surface area contributed by atoms with E-state index in [9.17, 15) is 9.59 Å². The van der Waals surface area contributed by atoms with Crippen LogP contribution in [0, 0.1) is 0 Å². The Bertz CT molecular complexity index is 279. The van der Waals surface area contributed by atoms with Gasteiger partial charge in [0.05, 0.1) is 11.5 Å². The van der Waals surface area contributed by atoms with Crippen molar-refractivity contribution in [2.45, 2.75) is 13.8 Å². The third-order valence-electron chi connectivity index (χ3n) is 2.24. The maximum Gasteiger partial charge on any atom is 0.309 e. The minimum absolute atomic E-state index is 0.0393. The number of amides is 2. The molecule has 0 spiro atoms. The number of nitrogens with zero attached hydrogens (tertiary/aromatic N) is 1. The van der Waals surface area contributed by atoms with E-state index in [1.54, 1.807) is 0 Å². The van der Waals surface area contributed by atoms with Gasteiger partial charge < -0.3 is 21.3 Å². The maximum atomic E-state index is 11.3. The first-order valence-corrected chi connectivity index (χ1v) is 5.98. The monoisotopic (exact) mass is 260 g/mol. The standard InChI is InChI=1S/C10H20N4O2S/c1-3-14(4-2)6-5-12-9(15)10(16)13-7-8(11)17/h3-7H2,1-2H3,(H2,11,17)(H,12,15)(H,13,16). The summed E-state index contributed by atoms with van der Waals surface area (Å²) in [6.45, 7) is 7.13. The first-order valence-electron chi connectivity index (χ1n) is 5.57. The topological polar surface area (TPSA) is 87.5 Å². The lowest BCUT2D eigenvalue weighted by molar-refractivity contribution is -0.139. The number of nitrogens with one attached hydrogen (secondary N) is 2. The number of carbonyl (C=O) groups is 2. The number of hydrogen-bond donors (Lipinski definition) is 3. The van der Waals surface area contributed by atoms with E-state index in [1.807, 2.05) is 13.8 Å². The minimum atomic E-state index is -0.711. The quantitative estimate of drug-likeness (QED) is 0.397. The number of carbonyl (C=O) groups excluding carboxylic acids is 2. The van der Waals surface area contributed by atoms with Gasteiger partial charge in [-0.3, -0.25) is 9.59 Å². The number of rotatable bonds is 7. The highest BCUT2D eigenvalue weighted by Gasteiger charge is 2.12. The highest BCUT2D eigenvalue weighted by Crippen LogP contribution is 1.84. The van der Waals surface area contributed by atoms with Gasteiger partial charge in [0.25, 0.3) is 0 Å². The van der Waals surface area contributed by atoms with Crippen molar-refractivity contribution >= 4 is 29.0 Å². The molecule has 0 saturated carbocycles. The molecule has 0 saturated heterocycles. The third-order valence-corrected chi connectivity index (χ3v) is 2.38. The summed E-state index contributed by atoms with van der Waals surface area (Å²) in [7, 11) is 0. The second-order valence-corrected chi connectivity index (χ2v) is 3.96. The van der Waals surface area contributed by atoms with Crippen LogP contribution >= 0.6 is 12.2 Å². The van der Waals surface area contributed by atoms with Crippen LogP contribution in [-0.2, 0) is 9.59 Å². The summed E-state index contributed by atoms with van der Waals surface area (Å²) >= 11 is 4.58. The lowest BCUT2D eigenvalue weighted by atomic mass is 10.4. The van der Waals surface area contributed by atoms with Gasteiger partial charge in [-0.15, -0.1) is 0 Å². The van der Waals surface area contributed by atoms with Gasteiger partial charge >= 0.3 is 11.8 Å². The summed E-state index contributed by atoms with van der Waals surface area (Å²) in [6, 6.07) is 0. The summed E-state index contributed by atoms with van der Waals surface area (Å²) in [4.78, 5) is 24.8. The van der Waals surface area contributed by atoms with Crippen LogP contribution in [0.15, 0.2) is 0 Å². The molecule has 0 rings (SSSR count). The zero-order valence-electron chi connectivity index (χ0n) is 10.3. The first-order chi connectivity index (χ1) is 8.01. The SMILES string of the molecule is CCN(CC)CCNC(=O)C(=O)NCC(N)=S. The molecule has 6 nitrogen and oxygen atoms in total. The lowest BCUT2D eigenvalue weighted by Gasteiger charge is -2.17. The predicted octanol–water partition coefficient (Wildman–Crippen LogP) is -1.15. The van der Waals surface area contributed by atoms with Gasteiger partial charge in [0.1, 0.15) is 0 Å². The molecular formula is C10H20N4O2S. The molecule has 0 unspecified atom stereocenters. The third kappa shape index (κ3) is 7.64. The van der Waals surface area contributed by atoms with Crippen LogP contribution < -0.4 is 16.4 Å². The summed E-state index contributed by atoms with van der Waals surface area (Å²) < 4.78 is 0. The second kappa shape index (κ2) is 8.89. The largest absolute Gasteiger partial charge is 0.392 e. The van der Waals surface area contributed by atoms with Gasteiger partial charge in [-0.25, -0.2) is 0 Å². The Hall–Kier alpha value is -1.21. The van der Waals surface area contributed by atoms with E-state index in [0.29, 0.717) is 6.54 Å². The van der Waals surface area contributed by atoms with Crippen LogP contribution in [-0.4, -0.2) is 54.4 Å². The molecule has 0 aliphatic carbocycles. The zero-order valence-corrected chi connectivity index (χ0v) is 11.1. The van der Waals surface area contributed by atoms with E-state index in [-0.39, 0.29) is 11.5 Å². The van der Waals surface area contributed by atoms with Gasteiger partial charge in [0.2, 0.25) is 0 Å². The van der Waals surface area contributed by atoms with Gasteiger partial charge in [0.15, 0.2) is 0 Å². The molecule has 7 heteroatoms. The molecule has 0 fully saturated rings. The molecule has 2 amide bonds. The normalized spacial score (nSPS) is 10.1. The summed E-state index contributed by atoms with van der Waals surface area (Å²) in [5.41, 5.74) is 5.20. The zero-order chi connectivity index (χ0) is 13.3. The van der Waals surface area contributed by atoms with Gasteiger partial charge in [-0.1, -0.05) is 26.1 Å². The maximum absolute atomic E-state index is 11.3. The molecule has 0 heterocycles. The molecule has 98 valence electrons. The Labute approximate surface area is 107 Å². The van der Waals surface area contributed by atoms with Crippen molar-refractivity contribution in [2.75, 3.05) is 32.7 Å². The summed E-state index contributed by atoms with van der Waals surface area (Å²) in [5, 5.41) is 4.85. The van der Waals surface area contributed by atoms with Crippen molar-refractivity contribution in [3.8, 4) is 0 Å². The molecule has 0 atom stereocenters. The highest BCUT2D eigenvalue weighted by molar-refractivity contribution is 7.80. The number of hydrogen-bond acceptors (Lipinski definition) is 4. The molecule has 4 N–H and O–H groups in total. The summed E-state index contributed by atoms with van der Waals surface area (Å²) in [6.07, 6.45) is 0. The molecule has 0 radical (unpaired) electrons. The molecule has 0 bridgehead atoms. The van der Waals surface area contributed by atoms with Crippen LogP contribution in [0.3, 0.4) is 0 Å². The van der Waals surface area contributed by atoms with E-state index in [1.165, 1.54) is 0 Å². The van der Waals surface area contributed by atoms with Crippen molar-refractivity contribution in [2.24, 2.45) is 5.73 Å². The van der Waals surface area contributed by atoms with E-state index in [4.69, 9.17) is 5.73 Å². The summed E-state index contributed by atoms with van der Waals surface area (Å²) in [5.74, 6) is -1.37. The highest BCUT2D eigenvalue weighted by atomic mass is 32.1. The van der Waals surface area contributed by atoms with E-state index < -0.39 is 11.8 Å². The average molecular weight is 260 g/mol. The number of thiocarbonyl (C=S) groups is 1. The number of nitrogens with two attached hydrogens (primary N) is 1. The van der Waals surface area contributed by atoms with E-state index in [0.717, 1.165) is 19.6 Å². The van der Waals surface area contributed by atoms with Gasteiger partial charge in [-0.05, 0) is 13.1 Å². The Balaban J connectivity index is 3.78. The Kier molecular flexibility index (Phi) is 8.25. The van der Waals surface area contributed by atoms with Gasteiger partial charge in [0, 0.05) is 13.1 Å². The Morgan fingerprint density at radius 1 is 1.18 bits per heavy atom. The van der Waals surface area contributed by atoms with Crippen molar-refractivity contribution in [3.63, 3.8) is 0 Å². The van der Waals surface area contributed by atoms with Crippen molar-refractivity contribution in [1.29, 1.82) is 0 Å². The van der Waals surface area contributed by atoms with E-state index in [2.05, 4.69) is 27.8 Å². The van der Waals surface area contributed by atoms with Crippen LogP contribution in [0.1, 0.15) is 13.8 Å². The van der Waals surface area contributed by atoms with Crippen molar-refractivity contribution < 1.29 is 9.59 Å². The molecule has 17 heavy (non-hydrogen) atoms. The Morgan fingerprint density at radius 2 is 1.71 bits per heavy atom. The van der Waals surface area contributed by atoms with Crippen LogP contribution in [0.5, 0.6) is 0 Å². The number of likely N-dealkylation sites (N-methyl/N-ethyl adjacent to an activating group) is 1. The molecule has 0 aromatic heterocycles. The second-order valence-electron chi connectivity index (χ2n) is 3.43. The van der Waals surface area contributed by atoms with Crippen molar-refractivity contribution in [1.82, 2.24) is 15.5 Å². The molecule has 0 aliphatic rings. The predicted molar refractivity (Wildman–Crippen MR) is 70.6 cm³/mol. The Morgan fingerprint density at radius 3 is 2.18 bits per heavy atom. The fourth-order valence-electron chi connectivity index (χ4n) is 1.20. The smallest absolute Gasteiger partial charge is 0.309 e. The van der Waals surface area contributed by atoms with Crippen molar-refractivity contribution in [3.05, 3.63) is 0 Å². The first kappa shape index (κ1) is 15.8. The fraction of sp³-hybridized carbons (Fsp3) is 0.700. The average Bonchev–Trinajstić information content (AvgIpc) is 2.31. The van der Waals surface area contributed by atoms with Crippen LogP contribution in [0.25, 0.3) is 0 Å². The fourth-order valence-corrected chi connectivity index (χ4v) is 1.27. The molecular weight excluding hydrogens is 240 g/mol. The molecule has 0 aromatic rings. The lowest BCUT2D eigenvalue weighted by Crippen LogP contribution is -2.44. The van der Waals surface area contributed by atoms with Crippen LogP contribution in [0.2, 0.25) is 0 Å². The van der Waals surface area contributed by atoms with E-state index >= 15 is 0 Å². The van der Waals surface area contributed by atoms with Gasteiger partial charge in [-0.2, -0.15) is 0 Å². The van der Waals surface area contributed by atoms with Crippen LogP contribution in [0.4, 0.5) is 0 Å².